The van der Waals surface area contributed by atoms with E-state index in [1.165, 1.54) is 16.0 Å². The lowest BCUT2D eigenvalue weighted by molar-refractivity contribution is -0.144. The summed E-state index contributed by atoms with van der Waals surface area (Å²) in [7, 11) is 0. The Morgan fingerprint density at radius 2 is 1.79 bits per heavy atom. The van der Waals surface area contributed by atoms with E-state index in [1.807, 2.05) is 44.7 Å². The smallest absolute Gasteiger partial charge is 0.242 e. The van der Waals surface area contributed by atoms with Crippen molar-refractivity contribution in [3.05, 3.63) is 51.7 Å². The Labute approximate surface area is 202 Å². The molecule has 1 aliphatic rings. The molecule has 0 bridgehead atoms. The van der Waals surface area contributed by atoms with Crippen molar-refractivity contribution in [3.8, 4) is 5.75 Å². The lowest BCUT2D eigenvalue weighted by Crippen LogP contribution is -2.49. The molecule has 0 saturated heterocycles. The summed E-state index contributed by atoms with van der Waals surface area (Å²) in [5, 5.41) is 2.09. The molecule has 2 amide bonds. The SMILES string of the molecule is CC(C)CC(=O)N(CC(=O)N1CCc2sccc2[C@@H]1COc1ccc(C(C)C)cc1)C(C)C. The molecule has 2 aromatic rings. The summed E-state index contributed by atoms with van der Waals surface area (Å²) in [5.74, 6) is 1.58. The molecule has 1 atom stereocenters. The van der Waals surface area contributed by atoms with Gasteiger partial charge in [-0.25, -0.2) is 0 Å². The highest BCUT2D eigenvalue weighted by Gasteiger charge is 2.34. The van der Waals surface area contributed by atoms with Gasteiger partial charge in [-0.2, -0.15) is 0 Å². The number of fused-ring (bicyclic) bond motifs is 1. The van der Waals surface area contributed by atoms with Gasteiger partial charge in [-0.1, -0.05) is 39.8 Å². The van der Waals surface area contributed by atoms with Crippen LogP contribution in [-0.4, -0.2) is 47.4 Å². The molecule has 0 spiro atoms. The van der Waals surface area contributed by atoms with Crippen molar-refractivity contribution in [2.45, 2.75) is 72.4 Å². The molecule has 1 aromatic carbocycles. The van der Waals surface area contributed by atoms with E-state index in [-0.39, 0.29) is 36.4 Å². The van der Waals surface area contributed by atoms with Crippen LogP contribution in [0.15, 0.2) is 35.7 Å². The number of thiophene rings is 1. The van der Waals surface area contributed by atoms with Crippen LogP contribution in [0.3, 0.4) is 0 Å². The average Bonchev–Trinajstić information content (AvgIpc) is 3.24. The number of carbonyl (C=O) groups is 2. The summed E-state index contributed by atoms with van der Waals surface area (Å²) < 4.78 is 6.17. The van der Waals surface area contributed by atoms with E-state index in [0.717, 1.165) is 12.2 Å². The molecule has 0 N–H and O–H groups in total. The fourth-order valence-corrected chi connectivity index (χ4v) is 5.19. The van der Waals surface area contributed by atoms with Crippen molar-refractivity contribution in [2.24, 2.45) is 5.92 Å². The van der Waals surface area contributed by atoms with Crippen molar-refractivity contribution < 1.29 is 14.3 Å². The Morgan fingerprint density at radius 3 is 2.39 bits per heavy atom. The lowest BCUT2D eigenvalue weighted by Gasteiger charge is -2.38. The molecule has 3 rings (SSSR count). The largest absolute Gasteiger partial charge is 0.491 e. The maximum atomic E-state index is 13.5. The minimum atomic E-state index is -0.147. The summed E-state index contributed by atoms with van der Waals surface area (Å²) in [5.41, 5.74) is 2.44. The maximum absolute atomic E-state index is 13.5. The topological polar surface area (TPSA) is 49.9 Å². The fraction of sp³-hybridized carbons (Fsp3) is 0.556. The average molecular weight is 471 g/mol. The van der Waals surface area contributed by atoms with Gasteiger partial charge in [0.1, 0.15) is 12.4 Å². The minimum absolute atomic E-state index is 0.0126. The van der Waals surface area contributed by atoms with Gasteiger partial charge < -0.3 is 14.5 Å². The van der Waals surface area contributed by atoms with Crippen LogP contribution in [0.5, 0.6) is 5.75 Å². The molecule has 1 aliphatic heterocycles. The Morgan fingerprint density at radius 1 is 1.09 bits per heavy atom. The zero-order chi connectivity index (χ0) is 24.1. The Bertz CT molecular complexity index is 933. The number of carbonyl (C=O) groups excluding carboxylic acids is 2. The predicted octanol–water partition coefficient (Wildman–Crippen LogP) is 5.66. The van der Waals surface area contributed by atoms with Crippen LogP contribution in [0.4, 0.5) is 0 Å². The number of amides is 2. The summed E-state index contributed by atoms with van der Waals surface area (Å²) in [4.78, 5) is 31.2. The Balaban J connectivity index is 1.75. The second kappa shape index (κ2) is 11.2. The van der Waals surface area contributed by atoms with Crippen LogP contribution < -0.4 is 4.74 Å². The van der Waals surface area contributed by atoms with Crippen LogP contribution in [0, 0.1) is 5.92 Å². The first-order valence-corrected chi connectivity index (χ1v) is 12.9. The van der Waals surface area contributed by atoms with Gasteiger partial charge in [-0.3, -0.25) is 9.59 Å². The third kappa shape index (κ3) is 6.38. The Hall–Kier alpha value is -2.34. The molecule has 2 heterocycles. The van der Waals surface area contributed by atoms with E-state index >= 15 is 0 Å². The van der Waals surface area contributed by atoms with E-state index in [2.05, 4.69) is 37.4 Å². The molecule has 0 saturated carbocycles. The first-order chi connectivity index (χ1) is 15.7. The van der Waals surface area contributed by atoms with Gasteiger partial charge >= 0.3 is 0 Å². The molecule has 0 unspecified atom stereocenters. The molecule has 0 aliphatic carbocycles. The van der Waals surface area contributed by atoms with E-state index in [1.54, 1.807) is 16.2 Å². The Kier molecular flexibility index (Phi) is 8.57. The zero-order valence-corrected chi connectivity index (χ0v) is 21.7. The molecule has 6 heteroatoms. The number of benzene rings is 1. The number of nitrogens with zero attached hydrogens (tertiary/aromatic N) is 2. The van der Waals surface area contributed by atoms with Crippen LogP contribution in [0.2, 0.25) is 0 Å². The standard InChI is InChI=1S/C27H38N2O3S/c1-18(2)15-26(30)29(20(5)6)16-27(31)28-13-11-25-23(12-14-33-25)24(28)17-32-22-9-7-21(8-10-22)19(3)4/h7-10,12,14,18-20,24H,11,13,15-17H2,1-6H3/t24-/m0/s1. The predicted molar refractivity (Wildman–Crippen MR) is 135 cm³/mol. The molecule has 1 aromatic heterocycles. The first-order valence-electron chi connectivity index (χ1n) is 12.0. The highest BCUT2D eigenvalue weighted by Crippen LogP contribution is 2.34. The molecule has 180 valence electrons. The van der Waals surface area contributed by atoms with Crippen LogP contribution in [-0.2, 0) is 16.0 Å². The summed E-state index contributed by atoms with van der Waals surface area (Å²) in [6.07, 6.45) is 1.30. The van der Waals surface area contributed by atoms with Gasteiger partial charge in [0.25, 0.3) is 0 Å². The molecule has 0 radical (unpaired) electrons. The monoisotopic (exact) mass is 470 g/mol. The van der Waals surface area contributed by atoms with Gasteiger partial charge in [0.15, 0.2) is 0 Å². The minimum Gasteiger partial charge on any atom is -0.491 e. The third-order valence-electron chi connectivity index (χ3n) is 6.20. The van der Waals surface area contributed by atoms with Gasteiger partial charge in [-0.05, 0) is 66.8 Å². The van der Waals surface area contributed by atoms with E-state index in [9.17, 15) is 9.59 Å². The summed E-state index contributed by atoms with van der Waals surface area (Å²) >= 11 is 1.74. The van der Waals surface area contributed by atoms with Gasteiger partial charge in [0.05, 0.1) is 12.6 Å². The number of rotatable bonds is 9. The second-order valence-corrected chi connectivity index (χ2v) is 10.9. The van der Waals surface area contributed by atoms with E-state index < -0.39 is 0 Å². The number of hydrogen-bond donors (Lipinski definition) is 0. The molecule has 5 nitrogen and oxygen atoms in total. The number of hydrogen-bond acceptors (Lipinski definition) is 4. The zero-order valence-electron chi connectivity index (χ0n) is 20.8. The van der Waals surface area contributed by atoms with Crippen molar-refractivity contribution >= 4 is 23.2 Å². The van der Waals surface area contributed by atoms with Crippen LogP contribution >= 0.6 is 11.3 Å². The quantitative estimate of drug-likeness (QED) is 0.475. The van der Waals surface area contributed by atoms with Crippen molar-refractivity contribution in [1.29, 1.82) is 0 Å². The summed E-state index contributed by atoms with van der Waals surface area (Å²) in [6.45, 7) is 13.5. The van der Waals surface area contributed by atoms with Crippen molar-refractivity contribution in [2.75, 3.05) is 19.7 Å². The normalized spacial score (nSPS) is 15.8. The van der Waals surface area contributed by atoms with Gasteiger partial charge in [-0.15, -0.1) is 11.3 Å². The van der Waals surface area contributed by atoms with Gasteiger partial charge in [0.2, 0.25) is 11.8 Å². The van der Waals surface area contributed by atoms with Gasteiger partial charge in [0, 0.05) is 23.9 Å². The van der Waals surface area contributed by atoms with E-state index in [0.29, 0.717) is 25.5 Å². The fourth-order valence-electron chi connectivity index (χ4n) is 4.26. The first kappa shape index (κ1) is 25.3. The highest BCUT2D eigenvalue weighted by molar-refractivity contribution is 7.10. The molecule has 0 fully saturated rings. The second-order valence-electron chi connectivity index (χ2n) is 9.90. The highest BCUT2D eigenvalue weighted by atomic mass is 32.1. The molecular weight excluding hydrogens is 432 g/mol. The molecule has 33 heavy (non-hydrogen) atoms. The van der Waals surface area contributed by atoms with Crippen molar-refractivity contribution in [3.63, 3.8) is 0 Å². The maximum Gasteiger partial charge on any atom is 0.242 e. The lowest BCUT2D eigenvalue weighted by atomic mass is 10.00. The van der Waals surface area contributed by atoms with Crippen LogP contribution in [0.1, 0.15) is 75.9 Å². The molecular formula is C27H38N2O3S. The number of ether oxygens (including phenoxy) is 1. The summed E-state index contributed by atoms with van der Waals surface area (Å²) in [6, 6.07) is 10.1. The van der Waals surface area contributed by atoms with Crippen molar-refractivity contribution in [1.82, 2.24) is 9.80 Å². The van der Waals surface area contributed by atoms with Crippen LogP contribution in [0.25, 0.3) is 0 Å². The van der Waals surface area contributed by atoms with E-state index in [4.69, 9.17) is 4.74 Å². The third-order valence-corrected chi connectivity index (χ3v) is 7.20.